The summed E-state index contributed by atoms with van der Waals surface area (Å²) < 4.78 is 0. The molecule has 1 heterocycles. The van der Waals surface area contributed by atoms with E-state index in [9.17, 15) is 0 Å². The summed E-state index contributed by atoms with van der Waals surface area (Å²) >= 11 is 0. The number of rotatable bonds is 0. The Labute approximate surface area is 35.9 Å². The third-order valence-electron chi connectivity index (χ3n) is 0.478. The van der Waals surface area contributed by atoms with Crippen LogP contribution in [0.1, 0.15) is 0 Å². The molecule has 0 atom stereocenters. The van der Waals surface area contributed by atoms with E-state index in [4.69, 9.17) is 0 Å². The van der Waals surface area contributed by atoms with Crippen molar-refractivity contribution in [1.29, 1.82) is 0 Å². The molecular formula is C4H4CfN2. The van der Waals surface area contributed by atoms with Crippen molar-refractivity contribution in [1.82, 2.24) is 9.97 Å². The largest absolute Gasteiger partial charge is 0.245 e. The summed E-state index contributed by atoms with van der Waals surface area (Å²) in [5.41, 5.74) is 0. The van der Waals surface area contributed by atoms with Gasteiger partial charge in [-0.05, 0) is 6.07 Å². The maximum absolute atomic E-state index is 3.67. The van der Waals surface area contributed by atoms with Gasteiger partial charge in [-0.3, -0.25) is 0 Å². The van der Waals surface area contributed by atoms with Gasteiger partial charge in [0, 0.05) is 12.4 Å². The minimum absolute atomic E-state index is 0. The van der Waals surface area contributed by atoms with Gasteiger partial charge in [-0.15, -0.1) is 0 Å². The fraction of sp³-hybridized carbons (Fsp3) is 0. The molecule has 3 heteroatoms. The zero-order chi connectivity index (χ0) is 4.24. The van der Waals surface area contributed by atoms with Crippen LogP contribution in [0.25, 0.3) is 0 Å². The Morgan fingerprint density at radius 1 is 1.00 bits per heavy atom. The molecule has 0 saturated carbocycles. The third kappa shape index (κ3) is 1.06. The van der Waals surface area contributed by atoms with E-state index in [0.717, 1.165) is 0 Å². The van der Waals surface area contributed by atoms with Gasteiger partial charge in [0.05, 0.1) is 0 Å². The molecule has 0 N–H and O–H groups in total. The van der Waals surface area contributed by atoms with Crippen LogP contribution in [0.3, 0.4) is 0 Å². The molecule has 7 heavy (non-hydrogen) atoms. The minimum atomic E-state index is 0. The Kier molecular flexibility index (Phi) is 1.69. The first-order chi connectivity index (χ1) is 3.00. The van der Waals surface area contributed by atoms with Crippen LogP contribution in [0, 0.1) is 0 Å². The van der Waals surface area contributed by atoms with Gasteiger partial charge >= 0.3 is 0 Å². The van der Waals surface area contributed by atoms with E-state index in [1.165, 1.54) is 6.33 Å². The molecule has 0 aliphatic carbocycles. The van der Waals surface area contributed by atoms with E-state index in [0.29, 0.717) is 0 Å². The van der Waals surface area contributed by atoms with E-state index in [1.807, 2.05) is 0 Å². The van der Waals surface area contributed by atoms with E-state index < -0.39 is 0 Å². The molecular weight excluding hydrogens is 327 g/mol. The van der Waals surface area contributed by atoms with Crippen LogP contribution in [0.2, 0.25) is 0 Å². The fourth-order valence-electron chi connectivity index (χ4n) is 0.253. The van der Waals surface area contributed by atoms with Gasteiger partial charge in [0.1, 0.15) is 6.33 Å². The molecule has 0 aromatic carbocycles. The molecule has 0 radical (unpaired) electrons. The second-order valence-electron chi connectivity index (χ2n) is 0.904. The van der Waals surface area contributed by atoms with E-state index >= 15 is 0 Å². The predicted octanol–water partition coefficient (Wildman–Crippen LogP) is 0.477. The first-order valence-corrected chi connectivity index (χ1v) is 1.70. The van der Waals surface area contributed by atoms with Gasteiger partial charge in [-0.2, -0.15) is 0 Å². The van der Waals surface area contributed by atoms with Crippen LogP contribution in [0.5, 0.6) is 0 Å². The number of hydrogen-bond acceptors (Lipinski definition) is 2. The molecule has 0 spiro atoms. The van der Waals surface area contributed by atoms with E-state index in [1.54, 1.807) is 18.5 Å². The standard InChI is InChI=1S/C4H4N2.Cf/c1-2-5-4-6-3-1;/h1-4H;. The van der Waals surface area contributed by atoms with Crippen molar-refractivity contribution in [3.8, 4) is 0 Å². The Hall–Kier alpha value is -1.92. The van der Waals surface area contributed by atoms with Gasteiger partial charge in [-0.25, -0.2) is 9.97 Å². The monoisotopic (exact) mass is 329 g/mol. The molecule has 0 unspecified atom stereocenters. The SMILES string of the molecule is [Cf].c1cncnc1. The van der Waals surface area contributed by atoms with Crippen molar-refractivity contribution in [3.05, 3.63) is 24.8 Å². The average Bonchev–Trinajstić information content (AvgIpc) is 1.72. The van der Waals surface area contributed by atoms with Gasteiger partial charge in [0.2, 0.25) is 0 Å². The first-order valence-electron chi connectivity index (χ1n) is 1.70. The number of aromatic nitrogens is 2. The van der Waals surface area contributed by atoms with Crippen molar-refractivity contribution >= 4 is 0 Å². The van der Waals surface area contributed by atoms with Crippen LogP contribution in [0.15, 0.2) is 24.8 Å². The Morgan fingerprint density at radius 2 is 1.57 bits per heavy atom. The molecule has 40 valence electrons. The van der Waals surface area contributed by atoms with E-state index in [-0.39, 0.29) is 0 Å². The summed E-state index contributed by atoms with van der Waals surface area (Å²) in [6.45, 7) is 0. The van der Waals surface area contributed by atoms with Gasteiger partial charge in [0.25, 0.3) is 0 Å². The smallest absolute Gasteiger partial charge is 0.115 e. The topological polar surface area (TPSA) is 25.8 Å². The molecule has 1 aromatic heterocycles. The average molecular weight is 331 g/mol. The van der Waals surface area contributed by atoms with Gasteiger partial charge in [0.15, 0.2) is 0 Å². The quantitative estimate of drug-likeness (QED) is 0.691. The summed E-state index contributed by atoms with van der Waals surface area (Å²) in [7, 11) is 0. The predicted molar refractivity (Wildman–Crippen MR) is 22.0 cm³/mol. The van der Waals surface area contributed by atoms with E-state index in [2.05, 4.69) is 9.97 Å². The summed E-state index contributed by atoms with van der Waals surface area (Å²) in [5.74, 6) is 0. The zero-order valence-electron chi connectivity index (χ0n) is 3.52. The molecule has 0 aliphatic rings. The van der Waals surface area contributed by atoms with Crippen LogP contribution in [0.4, 0.5) is 0 Å². The maximum Gasteiger partial charge on any atom is 0.115 e. The molecule has 0 bridgehead atoms. The van der Waals surface area contributed by atoms with Crippen molar-refractivity contribution in [2.24, 2.45) is 0 Å². The van der Waals surface area contributed by atoms with Gasteiger partial charge in [-0.1, -0.05) is 0 Å². The maximum atomic E-state index is 3.67. The molecule has 0 aliphatic heterocycles. The van der Waals surface area contributed by atoms with Crippen molar-refractivity contribution < 1.29 is 0 Å². The summed E-state index contributed by atoms with van der Waals surface area (Å²) in [5, 5.41) is 0. The van der Waals surface area contributed by atoms with Crippen LogP contribution < -0.4 is 0 Å². The first kappa shape index (κ1) is 5.08. The molecule has 1 rings (SSSR count). The molecule has 0 amide bonds. The Bertz CT molecular complexity index is 81.6. The minimum Gasteiger partial charge on any atom is -0.245 e. The fourth-order valence-corrected chi connectivity index (χ4v) is 0.253. The number of nitrogens with zero attached hydrogens (tertiary/aromatic N) is 2. The molecule has 0 fully saturated rings. The van der Waals surface area contributed by atoms with Crippen molar-refractivity contribution in [2.45, 2.75) is 0 Å². The van der Waals surface area contributed by atoms with Crippen LogP contribution in [-0.2, 0) is 0 Å². The number of hydrogen-bond donors (Lipinski definition) is 0. The zero-order valence-corrected chi connectivity index (χ0v) is 6.15. The normalized spacial score (nSPS) is 6.86. The Balaban J connectivity index is 0.000000360. The van der Waals surface area contributed by atoms with Crippen LogP contribution >= 0.6 is 0 Å². The van der Waals surface area contributed by atoms with Crippen LogP contribution in [-0.4, -0.2) is 9.97 Å². The summed E-state index contributed by atoms with van der Waals surface area (Å²) in [6, 6.07) is 1.78. The second-order valence-corrected chi connectivity index (χ2v) is 0.904. The van der Waals surface area contributed by atoms with Crippen molar-refractivity contribution in [3.63, 3.8) is 0 Å². The van der Waals surface area contributed by atoms with Gasteiger partial charge < -0.3 is 0 Å². The second kappa shape index (κ2) is 2.33. The molecule has 2 nitrogen and oxygen atoms in total. The third-order valence-corrected chi connectivity index (χ3v) is 0.478. The molecule has 0 saturated heterocycles. The summed E-state index contributed by atoms with van der Waals surface area (Å²) in [4.78, 5) is 7.35. The molecule has 1 aromatic rings. The van der Waals surface area contributed by atoms with Crippen molar-refractivity contribution in [2.75, 3.05) is 0 Å². The summed E-state index contributed by atoms with van der Waals surface area (Å²) in [6.07, 6.45) is 4.88. The Morgan fingerprint density at radius 3 is 1.71 bits per heavy atom.